The van der Waals surface area contributed by atoms with Gasteiger partial charge in [-0.25, -0.2) is 4.79 Å². The van der Waals surface area contributed by atoms with Crippen LogP contribution in [0.5, 0.6) is 5.75 Å². The zero-order chi connectivity index (χ0) is 17.1. The number of fused-ring (bicyclic) bond motifs is 1. The van der Waals surface area contributed by atoms with E-state index in [1.807, 2.05) is 28.0 Å². The lowest BCUT2D eigenvalue weighted by atomic mass is 10.0. The predicted octanol–water partition coefficient (Wildman–Crippen LogP) is 2.17. The highest BCUT2D eigenvalue weighted by molar-refractivity contribution is 5.93. The summed E-state index contributed by atoms with van der Waals surface area (Å²) in [6.07, 6.45) is 3.55. The van der Waals surface area contributed by atoms with Crippen molar-refractivity contribution in [1.29, 1.82) is 0 Å². The van der Waals surface area contributed by atoms with E-state index in [4.69, 9.17) is 4.74 Å². The van der Waals surface area contributed by atoms with Crippen molar-refractivity contribution in [3.63, 3.8) is 0 Å². The van der Waals surface area contributed by atoms with Crippen LogP contribution in [-0.2, 0) is 11.2 Å². The van der Waals surface area contributed by atoms with Crippen molar-refractivity contribution in [3.8, 4) is 5.75 Å². The fraction of sp³-hybridized carbons (Fsp3) is 0.556. The van der Waals surface area contributed by atoms with Crippen molar-refractivity contribution in [1.82, 2.24) is 10.2 Å². The Bertz CT molecular complexity index is 624. The fourth-order valence-electron chi connectivity index (χ4n) is 3.50. The van der Waals surface area contributed by atoms with E-state index < -0.39 is 0 Å². The third-order valence-electron chi connectivity index (χ3n) is 4.92. The molecule has 0 unspecified atom stereocenters. The Morgan fingerprint density at radius 1 is 1.21 bits per heavy atom. The second-order valence-electron chi connectivity index (χ2n) is 6.48. The zero-order valence-corrected chi connectivity index (χ0v) is 14.4. The number of ether oxygens (including phenoxy) is 1. The standard InChI is InChI=1S/C18H25N3O3/c1-13(22)20-10-7-15(8-11-20)19-18(23)21-9-3-4-14-12-16(24-2)5-6-17(14)21/h5-6,12,15H,3-4,7-11H2,1-2H3,(H,19,23). The van der Waals surface area contributed by atoms with Crippen molar-refractivity contribution in [2.24, 2.45) is 0 Å². The van der Waals surface area contributed by atoms with Gasteiger partial charge >= 0.3 is 6.03 Å². The molecule has 3 rings (SSSR count). The lowest BCUT2D eigenvalue weighted by Crippen LogP contribution is -2.51. The molecule has 2 aliphatic rings. The minimum absolute atomic E-state index is 0.0395. The number of aryl methyl sites for hydroxylation is 1. The van der Waals surface area contributed by atoms with Gasteiger partial charge in [-0.2, -0.15) is 0 Å². The van der Waals surface area contributed by atoms with Crippen LogP contribution in [0.2, 0.25) is 0 Å². The van der Waals surface area contributed by atoms with Crippen LogP contribution in [0.25, 0.3) is 0 Å². The van der Waals surface area contributed by atoms with Crippen LogP contribution >= 0.6 is 0 Å². The number of likely N-dealkylation sites (tertiary alicyclic amines) is 1. The topological polar surface area (TPSA) is 61.9 Å². The minimum atomic E-state index is -0.0395. The van der Waals surface area contributed by atoms with E-state index in [9.17, 15) is 9.59 Å². The van der Waals surface area contributed by atoms with Gasteiger partial charge < -0.3 is 15.0 Å². The van der Waals surface area contributed by atoms with Gasteiger partial charge in [0.25, 0.3) is 0 Å². The molecule has 1 saturated heterocycles. The number of rotatable bonds is 2. The second-order valence-corrected chi connectivity index (χ2v) is 6.48. The SMILES string of the molecule is COc1ccc2c(c1)CCCN2C(=O)NC1CCN(C(C)=O)CC1. The van der Waals surface area contributed by atoms with E-state index >= 15 is 0 Å². The molecule has 2 heterocycles. The Morgan fingerprint density at radius 2 is 1.96 bits per heavy atom. The first-order valence-electron chi connectivity index (χ1n) is 8.59. The average Bonchev–Trinajstić information content (AvgIpc) is 2.61. The largest absolute Gasteiger partial charge is 0.497 e. The molecule has 1 aromatic rings. The Kier molecular flexibility index (Phi) is 4.92. The highest BCUT2D eigenvalue weighted by Crippen LogP contribution is 2.30. The summed E-state index contributed by atoms with van der Waals surface area (Å²) in [6, 6.07) is 5.97. The zero-order valence-electron chi connectivity index (χ0n) is 14.4. The smallest absolute Gasteiger partial charge is 0.322 e. The second kappa shape index (κ2) is 7.11. The monoisotopic (exact) mass is 331 g/mol. The molecule has 1 aromatic carbocycles. The van der Waals surface area contributed by atoms with Gasteiger partial charge in [-0.05, 0) is 49.4 Å². The summed E-state index contributed by atoms with van der Waals surface area (Å²) in [4.78, 5) is 27.8. The van der Waals surface area contributed by atoms with E-state index in [1.165, 1.54) is 0 Å². The number of nitrogens with zero attached hydrogens (tertiary/aromatic N) is 2. The number of anilines is 1. The third-order valence-corrected chi connectivity index (χ3v) is 4.92. The Balaban J connectivity index is 1.64. The summed E-state index contributed by atoms with van der Waals surface area (Å²) in [5, 5.41) is 3.14. The number of carbonyl (C=O) groups is 2. The minimum Gasteiger partial charge on any atom is -0.497 e. The van der Waals surface area contributed by atoms with Crippen molar-refractivity contribution < 1.29 is 14.3 Å². The van der Waals surface area contributed by atoms with E-state index in [2.05, 4.69) is 5.32 Å². The van der Waals surface area contributed by atoms with Gasteiger partial charge in [0.1, 0.15) is 5.75 Å². The molecule has 0 saturated carbocycles. The van der Waals surface area contributed by atoms with Crippen molar-refractivity contribution in [2.75, 3.05) is 31.6 Å². The van der Waals surface area contributed by atoms with Gasteiger partial charge in [0, 0.05) is 38.3 Å². The molecule has 1 N–H and O–H groups in total. The maximum absolute atomic E-state index is 12.7. The molecule has 0 aliphatic carbocycles. The Hall–Kier alpha value is -2.24. The summed E-state index contributed by atoms with van der Waals surface area (Å²) in [7, 11) is 1.66. The van der Waals surface area contributed by atoms with Crippen LogP contribution in [0, 0.1) is 0 Å². The summed E-state index contributed by atoms with van der Waals surface area (Å²) >= 11 is 0. The number of methoxy groups -OCH3 is 1. The molecule has 0 spiro atoms. The highest BCUT2D eigenvalue weighted by Gasteiger charge is 2.27. The quantitative estimate of drug-likeness (QED) is 0.903. The molecule has 3 amide bonds. The van der Waals surface area contributed by atoms with Gasteiger partial charge in [-0.1, -0.05) is 0 Å². The number of piperidine rings is 1. The normalized spacial score (nSPS) is 18.1. The van der Waals surface area contributed by atoms with Crippen molar-refractivity contribution in [3.05, 3.63) is 23.8 Å². The summed E-state index contributed by atoms with van der Waals surface area (Å²) in [5.41, 5.74) is 2.13. The molecule has 2 aliphatic heterocycles. The average molecular weight is 331 g/mol. The van der Waals surface area contributed by atoms with Gasteiger partial charge in [0.2, 0.25) is 5.91 Å². The van der Waals surface area contributed by atoms with E-state index in [0.29, 0.717) is 13.1 Å². The van der Waals surface area contributed by atoms with Crippen LogP contribution in [0.1, 0.15) is 31.7 Å². The van der Waals surface area contributed by atoms with E-state index in [-0.39, 0.29) is 18.0 Å². The molecular weight excluding hydrogens is 306 g/mol. The number of hydrogen-bond donors (Lipinski definition) is 1. The fourth-order valence-corrected chi connectivity index (χ4v) is 3.50. The molecular formula is C18H25N3O3. The highest BCUT2D eigenvalue weighted by atomic mass is 16.5. The number of hydrogen-bond acceptors (Lipinski definition) is 3. The van der Waals surface area contributed by atoms with Crippen molar-refractivity contribution >= 4 is 17.6 Å². The number of amides is 3. The number of carbonyl (C=O) groups excluding carboxylic acids is 2. The summed E-state index contributed by atoms with van der Waals surface area (Å²) < 4.78 is 5.28. The number of benzene rings is 1. The van der Waals surface area contributed by atoms with Crippen LogP contribution in [-0.4, -0.2) is 49.6 Å². The molecule has 24 heavy (non-hydrogen) atoms. The number of urea groups is 1. The van der Waals surface area contributed by atoms with E-state index in [1.54, 1.807) is 14.0 Å². The van der Waals surface area contributed by atoms with Crippen LogP contribution < -0.4 is 15.0 Å². The van der Waals surface area contributed by atoms with Crippen LogP contribution in [0.4, 0.5) is 10.5 Å². The lowest BCUT2D eigenvalue weighted by Gasteiger charge is -2.35. The first-order chi connectivity index (χ1) is 11.6. The molecule has 6 nitrogen and oxygen atoms in total. The molecule has 0 aromatic heterocycles. The molecule has 130 valence electrons. The maximum atomic E-state index is 12.7. The molecule has 1 fully saturated rings. The van der Waals surface area contributed by atoms with Crippen LogP contribution in [0.15, 0.2) is 18.2 Å². The third kappa shape index (κ3) is 3.47. The van der Waals surface area contributed by atoms with E-state index in [0.717, 1.165) is 49.2 Å². The Morgan fingerprint density at radius 3 is 2.62 bits per heavy atom. The molecule has 6 heteroatoms. The summed E-state index contributed by atoms with van der Waals surface area (Å²) in [6.45, 7) is 3.76. The predicted molar refractivity (Wildman–Crippen MR) is 92.5 cm³/mol. The molecule has 0 atom stereocenters. The van der Waals surface area contributed by atoms with Crippen molar-refractivity contribution in [2.45, 2.75) is 38.6 Å². The first kappa shape index (κ1) is 16.6. The van der Waals surface area contributed by atoms with Crippen LogP contribution in [0.3, 0.4) is 0 Å². The summed E-state index contributed by atoms with van der Waals surface area (Å²) in [5.74, 6) is 0.936. The number of nitrogens with one attached hydrogen (secondary N) is 1. The Labute approximate surface area is 142 Å². The first-order valence-corrected chi connectivity index (χ1v) is 8.59. The van der Waals surface area contributed by atoms with Gasteiger partial charge in [-0.3, -0.25) is 9.69 Å². The van der Waals surface area contributed by atoms with Gasteiger partial charge in [0.15, 0.2) is 0 Å². The molecule has 0 bridgehead atoms. The molecule has 0 radical (unpaired) electrons. The lowest BCUT2D eigenvalue weighted by molar-refractivity contribution is -0.129. The maximum Gasteiger partial charge on any atom is 0.322 e. The van der Waals surface area contributed by atoms with Gasteiger partial charge in [0.05, 0.1) is 7.11 Å². The van der Waals surface area contributed by atoms with Gasteiger partial charge in [-0.15, -0.1) is 0 Å².